The predicted octanol–water partition coefficient (Wildman–Crippen LogP) is 2.24. The Balaban J connectivity index is 0.00000156. The van der Waals surface area contributed by atoms with Gasteiger partial charge in [-0.2, -0.15) is 4.31 Å². The van der Waals surface area contributed by atoms with Crippen molar-refractivity contribution >= 4 is 50.3 Å². The van der Waals surface area contributed by atoms with Gasteiger partial charge in [0.1, 0.15) is 0 Å². The van der Waals surface area contributed by atoms with E-state index in [1.807, 2.05) is 5.38 Å². The van der Waals surface area contributed by atoms with E-state index in [1.165, 1.54) is 11.3 Å². The molecule has 6 nitrogen and oxygen atoms in total. The molecule has 0 bridgehead atoms. The van der Waals surface area contributed by atoms with E-state index in [1.54, 1.807) is 14.9 Å². The number of aromatic nitrogens is 2. The molecule has 10 heteroatoms. The highest BCUT2D eigenvalue weighted by Crippen LogP contribution is 2.41. The van der Waals surface area contributed by atoms with Crippen molar-refractivity contribution in [1.29, 1.82) is 0 Å². The van der Waals surface area contributed by atoms with E-state index in [0.29, 0.717) is 18.1 Å². The molecule has 2 aliphatic heterocycles. The number of imidazole rings is 1. The second kappa shape index (κ2) is 6.16. The van der Waals surface area contributed by atoms with Crippen molar-refractivity contribution in [1.82, 2.24) is 19.0 Å². The highest BCUT2D eigenvalue weighted by molar-refractivity contribution is 7.89. The molecule has 0 unspecified atom stereocenters. The first-order valence-corrected chi connectivity index (χ1v) is 10.0. The summed E-state index contributed by atoms with van der Waals surface area (Å²) in [5.74, 6) is 0. The molecule has 2 fully saturated rings. The Morgan fingerprint density at radius 3 is 2.78 bits per heavy atom. The fraction of sp³-hybridized carbons (Fsp3) is 0.615. The van der Waals surface area contributed by atoms with Crippen molar-refractivity contribution < 1.29 is 8.42 Å². The number of halogens is 2. The average molecular weight is 397 g/mol. The van der Waals surface area contributed by atoms with E-state index in [-0.39, 0.29) is 28.0 Å². The number of nitrogens with zero attached hydrogens (tertiary/aromatic N) is 3. The molecular formula is C13H18Cl2N4O2S2. The van der Waals surface area contributed by atoms with Crippen molar-refractivity contribution in [2.24, 2.45) is 5.41 Å². The van der Waals surface area contributed by atoms with Gasteiger partial charge in [0.15, 0.2) is 15.1 Å². The van der Waals surface area contributed by atoms with Gasteiger partial charge >= 0.3 is 0 Å². The molecule has 0 aliphatic carbocycles. The molecule has 0 saturated carbocycles. The second-order valence-corrected chi connectivity index (χ2v) is 9.19. The number of fused-ring (bicyclic) bond motifs is 1. The maximum Gasteiger partial charge on any atom is 0.262 e. The van der Waals surface area contributed by atoms with Crippen molar-refractivity contribution in [2.75, 3.05) is 26.2 Å². The predicted molar refractivity (Wildman–Crippen MR) is 93.2 cm³/mol. The van der Waals surface area contributed by atoms with Crippen LogP contribution in [0.15, 0.2) is 16.6 Å². The molecule has 2 saturated heterocycles. The Kier molecular flexibility index (Phi) is 4.67. The average Bonchev–Trinajstić information content (AvgIpc) is 3.14. The molecular weight excluding hydrogens is 379 g/mol. The Morgan fingerprint density at radius 1 is 1.30 bits per heavy atom. The molecule has 0 radical (unpaired) electrons. The van der Waals surface area contributed by atoms with Crippen molar-refractivity contribution in [3.05, 3.63) is 16.7 Å². The summed E-state index contributed by atoms with van der Waals surface area (Å²) in [4.78, 5) is 4.76. The van der Waals surface area contributed by atoms with E-state index in [0.717, 1.165) is 32.4 Å². The van der Waals surface area contributed by atoms with Gasteiger partial charge in [0, 0.05) is 24.7 Å². The van der Waals surface area contributed by atoms with Crippen molar-refractivity contribution in [3.63, 3.8) is 0 Å². The summed E-state index contributed by atoms with van der Waals surface area (Å²) in [6.45, 7) is 3.09. The van der Waals surface area contributed by atoms with E-state index in [9.17, 15) is 8.42 Å². The zero-order valence-corrected chi connectivity index (χ0v) is 15.6. The smallest absolute Gasteiger partial charge is 0.262 e. The quantitative estimate of drug-likeness (QED) is 0.844. The largest absolute Gasteiger partial charge is 0.317 e. The zero-order valence-electron chi connectivity index (χ0n) is 12.4. The third-order valence-electron chi connectivity index (χ3n) is 4.83. The van der Waals surface area contributed by atoms with Gasteiger partial charge in [0.05, 0.1) is 0 Å². The topological polar surface area (TPSA) is 66.7 Å². The van der Waals surface area contributed by atoms with Crippen LogP contribution < -0.4 is 5.32 Å². The van der Waals surface area contributed by atoms with Gasteiger partial charge in [0.2, 0.25) is 0 Å². The van der Waals surface area contributed by atoms with E-state index < -0.39 is 10.0 Å². The van der Waals surface area contributed by atoms with Crippen LogP contribution in [0.5, 0.6) is 0 Å². The minimum atomic E-state index is -3.61. The van der Waals surface area contributed by atoms with Gasteiger partial charge in [-0.05, 0) is 37.8 Å². The molecule has 128 valence electrons. The van der Waals surface area contributed by atoms with Crippen LogP contribution in [0.3, 0.4) is 0 Å². The Bertz CT molecular complexity index is 811. The number of hydrogen-bond acceptors (Lipinski definition) is 5. The lowest BCUT2D eigenvalue weighted by Crippen LogP contribution is -2.40. The third kappa shape index (κ3) is 2.79. The molecule has 1 N–H and O–H groups in total. The summed E-state index contributed by atoms with van der Waals surface area (Å²) in [6, 6.07) is 0. The summed E-state index contributed by atoms with van der Waals surface area (Å²) in [6.07, 6.45) is 4.71. The first-order chi connectivity index (χ1) is 10.5. The van der Waals surface area contributed by atoms with Crippen LogP contribution >= 0.6 is 35.3 Å². The van der Waals surface area contributed by atoms with Crippen molar-refractivity contribution in [3.8, 4) is 0 Å². The van der Waals surface area contributed by atoms with Crippen LogP contribution in [-0.2, 0) is 10.0 Å². The van der Waals surface area contributed by atoms with E-state index in [4.69, 9.17) is 11.6 Å². The molecule has 2 aromatic rings. The Morgan fingerprint density at radius 2 is 2.04 bits per heavy atom. The molecule has 2 aromatic heterocycles. The summed E-state index contributed by atoms with van der Waals surface area (Å²) >= 11 is 7.49. The van der Waals surface area contributed by atoms with Crippen LogP contribution in [0.4, 0.5) is 0 Å². The Labute approximate surface area is 150 Å². The highest BCUT2D eigenvalue weighted by Gasteiger charge is 2.44. The highest BCUT2D eigenvalue weighted by atomic mass is 35.5. The summed E-state index contributed by atoms with van der Waals surface area (Å²) in [5.41, 5.74) is 0.128. The van der Waals surface area contributed by atoms with E-state index >= 15 is 0 Å². The lowest BCUT2D eigenvalue weighted by atomic mass is 9.78. The molecule has 0 amide bonds. The van der Waals surface area contributed by atoms with Crippen molar-refractivity contribution in [2.45, 2.75) is 24.3 Å². The first-order valence-electron chi connectivity index (χ1n) is 7.34. The molecule has 4 heterocycles. The van der Waals surface area contributed by atoms with Gasteiger partial charge in [-0.25, -0.2) is 13.4 Å². The maximum atomic E-state index is 13.0. The van der Waals surface area contributed by atoms with E-state index in [2.05, 4.69) is 10.3 Å². The summed E-state index contributed by atoms with van der Waals surface area (Å²) in [7, 11) is -3.61. The normalized spacial score (nSPS) is 21.8. The molecule has 1 spiro atoms. The SMILES string of the molecule is Cl.O=S(=O)(c1c(Cl)nc2sccn12)N1CCC2(CCNCC2)C1. The minimum Gasteiger partial charge on any atom is -0.317 e. The molecule has 0 aromatic carbocycles. The van der Waals surface area contributed by atoms with Crippen LogP contribution in [0.1, 0.15) is 19.3 Å². The molecule has 23 heavy (non-hydrogen) atoms. The van der Waals surface area contributed by atoms with Crippen LogP contribution in [0.25, 0.3) is 4.96 Å². The Hall–Kier alpha value is -0.380. The monoisotopic (exact) mass is 396 g/mol. The summed E-state index contributed by atoms with van der Waals surface area (Å²) < 4.78 is 29.2. The van der Waals surface area contributed by atoms with Gasteiger partial charge in [-0.1, -0.05) is 11.6 Å². The third-order valence-corrected chi connectivity index (χ3v) is 7.83. The molecule has 0 atom stereocenters. The van der Waals surface area contributed by atoms with Crippen LogP contribution in [0, 0.1) is 5.41 Å². The number of hydrogen-bond donors (Lipinski definition) is 1. The first kappa shape index (κ1) is 17.4. The molecule has 4 rings (SSSR count). The fourth-order valence-corrected chi connectivity index (χ4v) is 6.52. The summed E-state index contributed by atoms with van der Waals surface area (Å²) in [5, 5.41) is 5.34. The fourth-order valence-electron chi connectivity index (χ4n) is 3.56. The van der Waals surface area contributed by atoms with Gasteiger partial charge < -0.3 is 5.32 Å². The van der Waals surface area contributed by atoms with Crippen LogP contribution in [-0.4, -0.2) is 48.3 Å². The lowest BCUT2D eigenvalue weighted by molar-refractivity contribution is 0.218. The number of sulfonamides is 1. The molecule has 2 aliphatic rings. The maximum absolute atomic E-state index is 13.0. The standard InChI is InChI=1S/C13H17ClN4O2S2.ClH/c14-10-11(18-7-8-21-12(18)16-10)22(19,20)17-6-3-13(9-17)1-4-15-5-2-13;/h7-8,15H,1-6,9H2;1H. The number of rotatable bonds is 2. The van der Waals surface area contributed by atoms with Gasteiger partial charge in [0.25, 0.3) is 10.0 Å². The van der Waals surface area contributed by atoms with Gasteiger partial charge in [-0.15, -0.1) is 23.7 Å². The zero-order chi connectivity index (χ0) is 15.4. The number of thiazole rings is 1. The lowest BCUT2D eigenvalue weighted by Gasteiger charge is -2.33. The van der Waals surface area contributed by atoms with Gasteiger partial charge in [-0.3, -0.25) is 4.40 Å². The van der Waals surface area contributed by atoms with Crippen LogP contribution in [0.2, 0.25) is 5.15 Å². The number of piperidine rings is 1. The second-order valence-electron chi connectivity index (χ2n) is 6.10. The number of nitrogens with one attached hydrogen (secondary N) is 1. The minimum absolute atomic E-state index is 0.